The van der Waals surface area contributed by atoms with Crippen LogP contribution in [-0.2, 0) is 6.42 Å². The van der Waals surface area contributed by atoms with Gasteiger partial charge in [0.15, 0.2) is 5.96 Å². The Morgan fingerprint density at radius 2 is 2.29 bits per heavy atom. The Morgan fingerprint density at radius 1 is 1.53 bits per heavy atom. The maximum atomic E-state index is 5.71. The van der Waals surface area contributed by atoms with Crippen LogP contribution in [0.15, 0.2) is 23.3 Å². The summed E-state index contributed by atoms with van der Waals surface area (Å²) < 4.78 is 0. The molecule has 0 saturated heterocycles. The first kappa shape index (κ1) is 13.8. The molecule has 1 heterocycles. The Labute approximate surface area is 107 Å². The van der Waals surface area contributed by atoms with Gasteiger partial charge in [0.2, 0.25) is 0 Å². The predicted octanol–water partition coefficient (Wildman–Crippen LogP) is 1.84. The van der Waals surface area contributed by atoms with E-state index < -0.39 is 0 Å². The number of aromatic nitrogens is 1. The fraction of sp³-hybridized carbons (Fsp3) is 0.500. The molecule has 0 spiro atoms. The topological polar surface area (TPSA) is 63.3 Å². The van der Waals surface area contributed by atoms with Crippen molar-refractivity contribution in [2.75, 3.05) is 13.1 Å². The molecule has 0 saturated carbocycles. The van der Waals surface area contributed by atoms with E-state index in [2.05, 4.69) is 29.1 Å². The molecule has 17 heavy (non-hydrogen) atoms. The first-order valence-electron chi connectivity index (χ1n) is 5.72. The summed E-state index contributed by atoms with van der Waals surface area (Å²) in [6.07, 6.45) is 2.62. The summed E-state index contributed by atoms with van der Waals surface area (Å²) in [7, 11) is 0. The first-order chi connectivity index (χ1) is 8.08. The van der Waals surface area contributed by atoms with E-state index in [0.717, 1.165) is 25.1 Å². The van der Waals surface area contributed by atoms with Crippen molar-refractivity contribution in [2.24, 2.45) is 16.6 Å². The zero-order valence-corrected chi connectivity index (χ0v) is 11.0. The summed E-state index contributed by atoms with van der Waals surface area (Å²) in [5, 5.41) is 3.58. The van der Waals surface area contributed by atoms with Gasteiger partial charge in [-0.15, -0.1) is 0 Å². The normalized spacial score (nSPS) is 11.9. The number of halogens is 1. The number of pyridine rings is 1. The average molecular weight is 255 g/mol. The lowest BCUT2D eigenvalue weighted by Gasteiger charge is -2.06. The Balaban J connectivity index is 2.28. The highest BCUT2D eigenvalue weighted by molar-refractivity contribution is 6.29. The standard InChI is InChI=1S/C12H19ClN4/c1-9(2)7-17-12(14)15-6-5-10-3-4-11(13)16-8-10/h3-4,8-9H,5-7H2,1-2H3,(H3,14,15,17). The molecular formula is C12H19ClN4. The molecule has 0 unspecified atom stereocenters. The monoisotopic (exact) mass is 254 g/mol. The van der Waals surface area contributed by atoms with E-state index >= 15 is 0 Å². The van der Waals surface area contributed by atoms with Crippen molar-refractivity contribution in [3.05, 3.63) is 29.0 Å². The van der Waals surface area contributed by atoms with Crippen LogP contribution in [0.4, 0.5) is 0 Å². The molecule has 0 amide bonds. The third kappa shape index (κ3) is 6.12. The quantitative estimate of drug-likeness (QED) is 0.479. The molecule has 0 aromatic carbocycles. The lowest BCUT2D eigenvalue weighted by Crippen LogP contribution is -2.33. The van der Waals surface area contributed by atoms with Gasteiger partial charge in [-0.25, -0.2) is 4.98 Å². The van der Waals surface area contributed by atoms with Gasteiger partial charge < -0.3 is 11.1 Å². The van der Waals surface area contributed by atoms with Gasteiger partial charge in [-0.05, 0) is 24.0 Å². The maximum absolute atomic E-state index is 5.71. The second-order valence-electron chi connectivity index (χ2n) is 4.29. The average Bonchev–Trinajstić information content (AvgIpc) is 2.29. The summed E-state index contributed by atoms with van der Waals surface area (Å²) in [6, 6.07) is 3.74. The van der Waals surface area contributed by atoms with E-state index in [0.29, 0.717) is 17.0 Å². The number of hydrogen-bond donors (Lipinski definition) is 2. The molecule has 0 bridgehead atoms. The number of rotatable bonds is 5. The van der Waals surface area contributed by atoms with Crippen LogP contribution in [0.5, 0.6) is 0 Å². The van der Waals surface area contributed by atoms with E-state index in [9.17, 15) is 0 Å². The Kier molecular flexibility index (Phi) is 5.77. The molecule has 0 radical (unpaired) electrons. The molecule has 1 rings (SSSR count). The maximum Gasteiger partial charge on any atom is 0.188 e. The van der Waals surface area contributed by atoms with Crippen molar-refractivity contribution in [1.82, 2.24) is 10.3 Å². The minimum absolute atomic E-state index is 0.501. The molecule has 1 aromatic heterocycles. The minimum Gasteiger partial charge on any atom is -0.370 e. The van der Waals surface area contributed by atoms with Crippen molar-refractivity contribution in [3.63, 3.8) is 0 Å². The van der Waals surface area contributed by atoms with Crippen molar-refractivity contribution in [1.29, 1.82) is 0 Å². The Hall–Kier alpha value is -1.29. The molecule has 4 nitrogen and oxygen atoms in total. The van der Waals surface area contributed by atoms with Crippen molar-refractivity contribution in [2.45, 2.75) is 20.3 Å². The van der Waals surface area contributed by atoms with Crippen molar-refractivity contribution < 1.29 is 0 Å². The molecule has 0 atom stereocenters. The fourth-order valence-corrected chi connectivity index (χ4v) is 1.34. The zero-order valence-electron chi connectivity index (χ0n) is 10.3. The van der Waals surface area contributed by atoms with Crippen molar-refractivity contribution in [3.8, 4) is 0 Å². The second-order valence-corrected chi connectivity index (χ2v) is 4.67. The Bertz CT molecular complexity index is 359. The van der Waals surface area contributed by atoms with E-state index in [-0.39, 0.29) is 0 Å². The van der Waals surface area contributed by atoms with Gasteiger partial charge in [0, 0.05) is 19.3 Å². The molecule has 5 heteroatoms. The predicted molar refractivity (Wildman–Crippen MR) is 72.3 cm³/mol. The second kappa shape index (κ2) is 7.12. The van der Waals surface area contributed by atoms with Crippen molar-refractivity contribution >= 4 is 17.6 Å². The zero-order chi connectivity index (χ0) is 12.7. The van der Waals surface area contributed by atoms with E-state index in [1.165, 1.54) is 0 Å². The summed E-state index contributed by atoms with van der Waals surface area (Å²) in [5.74, 6) is 1.02. The van der Waals surface area contributed by atoms with Crippen LogP contribution in [0, 0.1) is 5.92 Å². The highest BCUT2D eigenvalue weighted by Gasteiger charge is 1.96. The summed E-state index contributed by atoms with van der Waals surface area (Å²) in [5.41, 5.74) is 6.84. The highest BCUT2D eigenvalue weighted by atomic mass is 35.5. The van der Waals surface area contributed by atoms with Crippen LogP contribution in [-0.4, -0.2) is 24.0 Å². The van der Waals surface area contributed by atoms with E-state index in [1.807, 2.05) is 6.07 Å². The van der Waals surface area contributed by atoms with Gasteiger partial charge in [0.1, 0.15) is 5.15 Å². The number of aliphatic imine (C=N–C) groups is 1. The third-order valence-electron chi connectivity index (χ3n) is 2.14. The van der Waals surface area contributed by atoms with Gasteiger partial charge in [0.25, 0.3) is 0 Å². The van der Waals surface area contributed by atoms with Gasteiger partial charge >= 0.3 is 0 Å². The van der Waals surface area contributed by atoms with E-state index in [1.54, 1.807) is 12.3 Å². The summed E-state index contributed by atoms with van der Waals surface area (Å²) in [4.78, 5) is 8.23. The van der Waals surface area contributed by atoms with Crippen LogP contribution < -0.4 is 11.1 Å². The number of nitrogens with one attached hydrogen (secondary N) is 1. The SMILES string of the molecule is CC(C)CN=C(N)NCCc1ccc(Cl)nc1. The molecule has 0 aliphatic carbocycles. The van der Waals surface area contributed by atoms with Crippen LogP contribution >= 0.6 is 11.6 Å². The molecule has 0 fully saturated rings. The minimum atomic E-state index is 0.501. The van der Waals surface area contributed by atoms with Gasteiger partial charge in [0.05, 0.1) is 0 Å². The number of guanidine groups is 1. The van der Waals surface area contributed by atoms with Gasteiger partial charge in [-0.2, -0.15) is 0 Å². The molecule has 1 aromatic rings. The van der Waals surface area contributed by atoms with Crippen LogP contribution in [0.2, 0.25) is 5.15 Å². The van der Waals surface area contributed by atoms with Crippen LogP contribution in [0.25, 0.3) is 0 Å². The van der Waals surface area contributed by atoms with E-state index in [4.69, 9.17) is 17.3 Å². The Morgan fingerprint density at radius 3 is 2.88 bits per heavy atom. The fourth-order valence-electron chi connectivity index (χ4n) is 1.23. The summed E-state index contributed by atoms with van der Waals surface area (Å²) in [6.45, 7) is 5.71. The number of hydrogen-bond acceptors (Lipinski definition) is 2. The van der Waals surface area contributed by atoms with Gasteiger partial charge in [-0.1, -0.05) is 31.5 Å². The molecular weight excluding hydrogens is 236 g/mol. The molecule has 94 valence electrons. The third-order valence-corrected chi connectivity index (χ3v) is 2.36. The number of nitrogens with two attached hydrogens (primary N) is 1. The highest BCUT2D eigenvalue weighted by Crippen LogP contribution is 2.05. The summed E-state index contributed by atoms with van der Waals surface area (Å²) >= 11 is 5.70. The molecule has 3 N–H and O–H groups in total. The lowest BCUT2D eigenvalue weighted by atomic mass is 10.2. The smallest absolute Gasteiger partial charge is 0.188 e. The number of nitrogens with zero attached hydrogens (tertiary/aromatic N) is 2. The lowest BCUT2D eigenvalue weighted by molar-refractivity contribution is 0.661. The van der Waals surface area contributed by atoms with Gasteiger partial charge in [-0.3, -0.25) is 4.99 Å². The van der Waals surface area contributed by atoms with Crippen LogP contribution in [0.3, 0.4) is 0 Å². The first-order valence-corrected chi connectivity index (χ1v) is 6.10. The molecule has 0 aliphatic rings. The van der Waals surface area contributed by atoms with Crippen LogP contribution in [0.1, 0.15) is 19.4 Å². The largest absolute Gasteiger partial charge is 0.370 e. The molecule has 0 aliphatic heterocycles.